The molecule has 0 heterocycles. The van der Waals surface area contributed by atoms with Crippen LogP contribution in [0.15, 0.2) is 42.5 Å². The van der Waals surface area contributed by atoms with Crippen molar-refractivity contribution in [3.05, 3.63) is 65.2 Å². The van der Waals surface area contributed by atoms with E-state index in [1.807, 2.05) is 0 Å². The molecule has 6 heteroatoms. The molecule has 0 atom stereocenters. The molecule has 0 saturated heterocycles. The molecule has 0 N–H and O–H groups in total. The Morgan fingerprint density at radius 2 is 1.60 bits per heavy atom. The SMILES string of the molecule is [B]c1ccc(C(F)(F)C(=O)c2ccc(F)cc2F)cc1. The number of benzene rings is 2. The summed E-state index contributed by atoms with van der Waals surface area (Å²) in [5.74, 6) is -7.94. The third kappa shape index (κ3) is 2.59. The second-order valence-corrected chi connectivity index (χ2v) is 4.15. The fraction of sp³-hybridized carbons (Fsp3) is 0.0714. The lowest BCUT2D eigenvalue weighted by molar-refractivity contribution is 0.00703. The molecule has 0 aliphatic heterocycles. The maximum absolute atomic E-state index is 14.0. The number of halogens is 4. The van der Waals surface area contributed by atoms with Gasteiger partial charge in [0.15, 0.2) is 0 Å². The molecule has 20 heavy (non-hydrogen) atoms. The number of ketones is 1. The summed E-state index contributed by atoms with van der Waals surface area (Å²) in [5.41, 5.74) is -1.22. The van der Waals surface area contributed by atoms with Gasteiger partial charge in [-0.1, -0.05) is 29.7 Å². The maximum atomic E-state index is 14.0. The lowest BCUT2D eigenvalue weighted by atomic mass is 9.92. The van der Waals surface area contributed by atoms with Crippen molar-refractivity contribution in [1.29, 1.82) is 0 Å². The highest BCUT2D eigenvalue weighted by Gasteiger charge is 2.42. The first-order valence-corrected chi connectivity index (χ1v) is 5.56. The second-order valence-electron chi connectivity index (χ2n) is 4.15. The molecular weight excluding hydrogens is 271 g/mol. The third-order valence-electron chi connectivity index (χ3n) is 2.73. The fourth-order valence-electron chi connectivity index (χ4n) is 1.67. The minimum atomic E-state index is -3.92. The van der Waals surface area contributed by atoms with Gasteiger partial charge in [0, 0.05) is 11.6 Å². The molecule has 2 radical (unpaired) electrons. The van der Waals surface area contributed by atoms with Crippen LogP contribution in [-0.2, 0) is 5.92 Å². The molecule has 1 nitrogen and oxygen atoms in total. The molecule has 0 unspecified atom stereocenters. The van der Waals surface area contributed by atoms with Crippen molar-refractivity contribution in [1.82, 2.24) is 0 Å². The van der Waals surface area contributed by atoms with Crippen LogP contribution in [0.3, 0.4) is 0 Å². The van der Waals surface area contributed by atoms with Crippen LogP contribution in [0.1, 0.15) is 15.9 Å². The largest absolute Gasteiger partial charge is 0.335 e. The Morgan fingerprint density at radius 3 is 2.15 bits per heavy atom. The first-order chi connectivity index (χ1) is 9.32. The molecule has 2 aromatic carbocycles. The van der Waals surface area contributed by atoms with Crippen molar-refractivity contribution in [3.8, 4) is 0 Å². The molecule has 0 spiro atoms. The van der Waals surface area contributed by atoms with Crippen LogP contribution in [0.5, 0.6) is 0 Å². The Kier molecular flexibility index (Phi) is 3.66. The zero-order valence-corrected chi connectivity index (χ0v) is 10.0. The van der Waals surface area contributed by atoms with Crippen LogP contribution >= 0.6 is 0 Å². The summed E-state index contributed by atoms with van der Waals surface area (Å²) in [6.07, 6.45) is 0. The minimum Gasteiger partial charge on any atom is -0.287 e. The average Bonchev–Trinajstić information content (AvgIpc) is 2.38. The van der Waals surface area contributed by atoms with E-state index in [1.165, 1.54) is 12.1 Å². The van der Waals surface area contributed by atoms with E-state index < -0.39 is 34.5 Å². The van der Waals surface area contributed by atoms with Gasteiger partial charge in [0.1, 0.15) is 19.5 Å². The van der Waals surface area contributed by atoms with Gasteiger partial charge in [-0.15, -0.1) is 0 Å². The standard InChI is InChI=1S/C14H7BF4O/c15-9-3-1-8(2-4-9)14(18,19)13(20)11-6-5-10(16)7-12(11)17/h1-7H. The van der Waals surface area contributed by atoms with Crippen LogP contribution in [0.2, 0.25) is 0 Å². The van der Waals surface area contributed by atoms with E-state index in [1.54, 1.807) is 0 Å². The van der Waals surface area contributed by atoms with Crippen LogP contribution in [-0.4, -0.2) is 13.6 Å². The van der Waals surface area contributed by atoms with Crippen LogP contribution < -0.4 is 5.46 Å². The van der Waals surface area contributed by atoms with Gasteiger partial charge < -0.3 is 0 Å². The van der Waals surface area contributed by atoms with Gasteiger partial charge in [-0.05, 0) is 12.1 Å². The number of hydrogen-bond acceptors (Lipinski definition) is 1. The van der Waals surface area contributed by atoms with Crippen molar-refractivity contribution >= 4 is 19.1 Å². The molecule has 0 amide bonds. The minimum absolute atomic E-state index is 0.255. The van der Waals surface area contributed by atoms with Crippen molar-refractivity contribution in [2.24, 2.45) is 0 Å². The molecule has 100 valence electrons. The Hall–Kier alpha value is -2.11. The molecule has 0 aromatic heterocycles. The number of alkyl halides is 2. The summed E-state index contributed by atoms with van der Waals surface area (Å²) in [6, 6.07) is 6.19. The molecule has 0 saturated carbocycles. The van der Waals surface area contributed by atoms with Gasteiger partial charge >= 0.3 is 5.92 Å². The quantitative estimate of drug-likeness (QED) is 0.479. The lowest BCUT2D eigenvalue weighted by Crippen LogP contribution is -2.27. The number of hydrogen-bond donors (Lipinski definition) is 0. The lowest BCUT2D eigenvalue weighted by Gasteiger charge is -2.16. The van der Waals surface area contributed by atoms with E-state index in [9.17, 15) is 22.4 Å². The van der Waals surface area contributed by atoms with Crippen molar-refractivity contribution < 1.29 is 22.4 Å². The highest BCUT2D eigenvalue weighted by molar-refractivity contribution is 6.32. The topological polar surface area (TPSA) is 17.1 Å². The summed E-state index contributed by atoms with van der Waals surface area (Å²) in [6.45, 7) is 0. The van der Waals surface area contributed by atoms with Crippen LogP contribution in [0.25, 0.3) is 0 Å². The zero-order valence-electron chi connectivity index (χ0n) is 10.0. The molecule has 0 aliphatic rings. The van der Waals surface area contributed by atoms with Gasteiger partial charge in [0.05, 0.1) is 5.56 Å². The Morgan fingerprint density at radius 1 is 1.00 bits per heavy atom. The molecule has 2 rings (SSSR count). The molecule has 0 bridgehead atoms. The number of carbonyl (C=O) groups excluding carboxylic acids is 1. The number of rotatable bonds is 3. The highest BCUT2D eigenvalue weighted by atomic mass is 19.3. The van der Waals surface area contributed by atoms with E-state index in [-0.39, 0.29) is 5.46 Å². The Balaban J connectivity index is 2.42. The van der Waals surface area contributed by atoms with Gasteiger partial charge in [0.25, 0.3) is 0 Å². The summed E-state index contributed by atoms with van der Waals surface area (Å²) in [5, 5.41) is 0. The summed E-state index contributed by atoms with van der Waals surface area (Å²) in [7, 11) is 5.37. The van der Waals surface area contributed by atoms with E-state index in [2.05, 4.69) is 0 Å². The number of carbonyl (C=O) groups is 1. The van der Waals surface area contributed by atoms with Crippen molar-refractivity contribution in [2.45, 2.75) is 5.92 Å². The summed E-state index contributed by atoms with van der Waals surface area (Å²) >= 11 is 0. The fourth-order valence-corrected chi connectivity index (χ4v) is 1.67. The molecule has 0 aliphatic carbocycles. The van der Waals surface area contributed by atoms with E-state index in [0.29, 0.717) is 12.1 Å². The van der Waals surface area contributed by atoms with Gasteiger partial charge in [-0.2, -0.15) is 8.78 Å². The average molecular weight is 278 g/mol. The Labute approximate surface area is 113 Å². The highest BCUT2D eigenvalue weighted by Crippen LogP contribution is 2.32. The van der Waals surface area contributed by atoms with Crippen molar-refractivity contribution in [2.75, 3.05) is 0 Å². The van der Waals surface area contributed by atoms with Gasteiger partial charge in [0.2, 0.25) is 5.78 Å². The maximum Gasteiger partial charge on any atom is 0.335 e. The zero-order chi connectivity index (χ0) is 14.9. The Bertz CT molecular complexity index is 653. The first kappa shape index (κ1) is 14.3. The predicted octanol–water partition coefficient (Wildman–Crippen LogP) is 2.73. The number of Topliss-reactive ketones (excluding diaryl/α,β-unsaturated/α-hetero) is 1. The van der Waals surface area contributed by atoms with Crippen LogP contribution in [0, 0.1) is 11.6 Å². The van der Waals surface area contributed by atoms with Crippen LogP contribution in [0.4, 0.5) is 17.6 Å². The summed E-state index contributed by atoms with van der Waals surface area (Å²) in [4.78, 5) is 11.7. The van der Waals surface area contributed by atoms with Crippen molar-refractivity contribution in [3.63, 3.8) is 0 Å². The molecular formula is C14H7BF4O. The van der Waals surface area contributed by atoms with E-state index in [0.717, 1.165) is 18.2 Å². The predicted molar refractivity (Wildman–Crippen MR) is 66.4 cm³/mol. The molecule has 0 fully saturated rings. The van der Waals surface area contributed by atoms with E-state index >= 15 is 0 Å². The summed E-state index contributed by atoms with van der Waals surface area (Å²) < 4.78 is 54.1. The normalized spacial score (nSPS) is 11.4. The second kappa shape index (κ2) is 5.11. The third-order valence-corrected chi connectivity index (χ3v) is 2.73. The molecule has 2 aromatic rings. The van der Waals surface area contributed by atoms with Gasteiger partial charge in [-0.25, -0.2) is 8.78 Å². The first-order valence-electron chi connectivity index (χ1n) is 5.56. The van der Waals surface area contributed by atoms with E-state index in [4.69, 9.17) is 7.85 Å². The smallest absolute Gasteiger partial charge is 0.287 e. The van der Waals surface area contributed by atoms with Gasteiger partial charge in [-0.3, -0.25) is 4.79 Å². The monoisotopic (exact) mass is 278 g/mol.